The predicted octanol–water partition coefficient (Wildman–Crippen LogP) is 7.43. The Balaban J connectivity index is 1.46. The Hall–Kier alpha value is -3.59. The number of aromatic nitrogens is 2. The maximum absolute atomic E-state index is 14.4. The van der Waals surface area contributed by atoms with Crippen LogP contribution in [0.4, 0.5) is 5.82 Å². The van der Waals surface area contributed by atoms with E-state index in [4.69, 9.17) is 33.0 Å². The first-order chi connectivity index (χ1) is 19.5. The van der Waals surface area contributed by atoms with Gasteiger partial charge in [-0.3, -0.25) is 14.3 Å². The summed E-state index contributed by atoms with van der Waals surface area (Å²) in [5, 5.41) is 16.9. The number of carbonyl (C=O) groups is 2. The summed E-state index contributed by atoms with van der Waals surface area (Å²) in [7, 11) is 3.17. The van der Waals surface area contributed by atoms with Gasteiger partial charge in [-0.05, 0) is 72.7 Å². The predicted molar refractivity (Wildman–Crippen MR) is 163 cm³/mol. The number of amides is 2. The molecule has 10 heteroatoms. The van der Waals surface area contributed by atoms with E-state index in [1.165, 1.54) is 12.0 Å². The Bertz CT molecular complexity index is 1820. The molecule has 6 rings (SSSR count). The molecule has 3 atom stereocenters. The van der Waals surface area contributed by atoms with Gasteiger partial charge in [0.25, 0.3) is 0 Å². The first-order valence-corrected chi connectivity index (χ1v) is 14.6. The summed E-state index contributed by atoms with van der Waals surface area (Å²) in [6, 6.07) is 10.9. The van der Waals surface area contributed by atoms with E-state index >= 15 is 0 Å². The van der Waals surface area contributed by atoms with Crippen molar-refractivity contribution < 1.29 is 19.4 Å². The van der Waals surface area contributed by atoms with Gasteiger partial charge in [-0.15, -0.1) is 11.3 Å². The molecule has 1 aliphatic carbocycles. The molecule has 2 aromatic heterocycles. The second-order valence-electron chi connectivity index (χ2n) is 10.7. The van der Waals surface area contributed by atoms with Gasteiger partial charge in [-0.25, -0.2) is 4.90 Å². The lowest BCUT2D eigenvalue weighted by molar-refractivity contribution is -0.127. The van der Waals surface area contributed by atoms with E-state index in [2.05, 4.69) is 6.58 Å². The van der Waals surface area contributed by atoms with Crippen LogP contribution in [0.1, 0.15) is 30.4 Å². The summed E-state index contributed by atoms with van der Waals surface area (Å²) in [5.74, 6) is -1.37. The van der Waals surface area contributed by atoms with Crippen LogP contribution in [0.15, 0.2) is 60.7 Å². The smallest absolute Gasteiger partial charge is 0.242 e. The normalized spacial score (nSPS) is 22.3. The molecule has 1 fully saturated rings. The lowest BCUT2D eigenvalue weighted by atomic mass is 9.60. The number of benzene rings is 2. The number of hydrogen-bond donors (Lipinski definition) is 1. The lowest BCUT2D eigenvalue weighted by Gasteiger charge is -2.40. The largest absolute Gasteiger partial charge is 0.503 e. The molecule has 3 heterocycles. The van der Waals surface area contributed by atoms with E-state index in [1.807, 2.05) is 38.1 Å². The zero-order chi connectivity index (χ0) is 29.4. The number of carbonyl (C=O) groups excluding carboxylic acids is 2. The fourth-order valence-corrected chi connectivity index (χ4v) is 7.92. The van der Waals surface area contributed by atoms with Crippen LogP contribution in [0, 0.1) is 18.3 Å². The summed E-state index contributed by atoms with van der Waals surface area (Å²) in [4.78, 5) is 30.7. The summed E-state index contributed by atoms with van der Waals surface area (Å²) in [6.07, 6.45) is 4.05. The second kappa shape index (κ2) is 9.76. The van der Waals surface area contributed by atoms with Crippen molar-refractivity contribution in [2.24, 2.45) is 18.4 Å². The average Bonchev–Trinajstić information content (AvgIpc) is 3.54. The Labute approximate surface area is 251 Å². The van der Waals surface area contributed by atoms with Gasteiger partial charge in [0.15, 0.2) is 11.5 Å². The molecular weight excluding hydrogens is 581 g/mol. The first kappa shape index (κ1) is 27.6. The number of fused-ring (bicyclic) bond motifs is 2. The molecule has 0 spiro atoms. The maximum Gasteiger partial charge on any atom is 0.242 e. The zero-order valence-electron chi connectivity index (χ0n) is 22.9. The Morgan fingerprint density at radius 1 is 1.22 bits per heavy atom. The number of aryl methyl sites for hydroxylation is 2. The molecule has 0 bridgehead atoms. The van der Waals surface area contributed by atoms with Crippen molar-refractivity contribution >= 4 is 62.3 Å². The van der Waals surface area contributed by atoms with Gasteiger partial charge in [-0.1, -0.05) is 41.9 Å². The molecular formula is C31H27Cl2N3O4S. The molecule has 2 amide bonds. The van der Waals surface area contributed by atoms with Crippen LogP contribution in [-0.2, 0) is 16.6 Å². The fraction of sp³-hybridized carbons (Fsp3) is 0.258. The van der Waals surface area contributed by atoms with Crippen molar-refractivity contribution in [2.45, 2.75) is 26.2 Å². The number of thiophene rings is 1. The highest BCUT2D eigenvalue weighted by Crippen LogP contribution is 2.58. The Morgan fingerprint density at radius 3 is 2.68 bits per heavy atom. The molecule has 1 saturated heterocycles. The van der Waals surface area contributed by atoms with E-state index in [-0.39, 0.29) is 28.3 Å². The average molecular weight is 609 g/mol. The van der Waals surface area contributed by atoms with Crippen molar-refractivity contribution in [1.82, 2.24) is 9.78 Å². The molecule has 7 nitrogen and oxygen atoms in total. The number of allylic oxidation sites excluding steroid dienone is 3. The van der Waals surface area contributed by atoms with Crippen LogP contribution < -0.4 is 9.64 Å². The summed E-state index contributed by atoms with van der Waals surface area (Å²) >= 11 is 14.2. The Morgan fingerprint density at radius 2 is 1.98 bits per heavy atom. The highest BCUT2D eigenvalue weighted by molar-refractivity contribution is 7.22. The molecule has 210 valence electrons. The highest BCUT2D eigenvalue weighted by Gasteiger charge is 2.62. The maximum atomic E-state index is 14.4. The molecule has 2 aromatic carbocycles. The first-order valence-electron chi connectivity index (χ1n) is 13.0. The molecule has 41 heavy (non-hydrogen) atoms. The van der Waals surface area contributed by atoms with Gasteiger partial charge in [-0.2, -0.15) is 5.10 Å². The number of aromatic hydroxyl groups is 1. The second-order valence-corrected chi connectivity index (χ2v) is 12.5. The molecule has 2 aliphatic rings. The van der Waals surface area contributed by atoms with Crippen molar-refractivity contribution in [3.05, 3.63) is 81.9 Å². The van der Waals surface area contributed by atoms with Crippen molar-refractivity contribution in [3.8, 4) is 22.1 Å². The molecule has 0 radical (unpaired) electrons. The third-order valence-corrected chi connectivity index (χ3v) is 10.3. The molecule has 0 saturated carbocycles. The zero-order valence-corrected chi connectivity index (χ0v) is 25.2. The van der Waals surface area contributed by atoms with Crippen LogP contribution in [0.2, 0.25) is 10.0 Å². The number of rotatable bonds is 5. The van der Waals surface area contributed by atoms with E-state index < -0.39 is 17.3 Å². The monoisotopic (exact) mass is 607 g/mol. The van der Waals surface area contributed by atoms with Crippen molar-refractivity contribution in [3.63, 3.8) is 0 Å². The summed E-state index contributed by atoms with van der Waals surface area (Å²) < 4.78 is 8.01. The summed E-state index contributed by atoms with van der Waals surface area (Å²) in [6.45, 7) is 7.82. The van der Waals surface area contributed by atoms with E-state index in [9.17, 15) is 14.7 Å². The van der Waals surface area contributed by atoms with Gasteiger partial charge >= 0.3 is 0 Å². The number of imide groups is 1. The summed E-state index contributed by atoms with van der Waals surface area (Å²) in [5.41, 5.74) is 2.02. The van der Waals surface area contributed by atoms with Crippen LogP contribution in [0.25, 0.3) is 20.7 Å². The van der Waals surface area contributed by atoms with E-state index in [1.54, 1.807) is 47.3 Å². The Kier molecular flexibility index (Phi) is 6.56. The molecule has 1 N–H and O–H groups in total. The minimum absolute atomic E-state index is 0.0957. The number of nitrogens with zero attached hydrogens (tertiary/aromatic N) is 3. The number of phenolic OH excluding ortho intramolecular Hbond substituents is 1. The van der Waals surface area contributed by atoms with Crippen molar-refractivity contribution in [1.29, 1.82) is 0 Å². The quantitative estimate of drug-likeness (QED) is 0.238. The standard InChI is InChI=1S/C31H27Cl2N3O4S/c1-6-16-7-9-20-29(38)36(30(39)31(20,3)26(16)17-11-21(33)27(37)23(12-17)40-5)25-14-22(34-35(25)4)28-15(2)19-13-18(32)8-10-24(19)41-28/h6-8,10-14,20,26,37H,1,9H2,2-5H3/t20-,26+,31+/m0/s1. The van der Waals surface area contributed by atoms with Crippen molar-refractivity contribution in [2.75, 3.05) is 12.0 Å². The molecule has 0 unspecified atom stereocenters. The van der Waals surface area contributed by atoms with Gasteiger partial charge in [0.1, 0.15) is 11.5 Å². The van der Waals surface area contributed by atoms with E-state index in [0.29, 0.717) is 28.5 Å². The minimum Gasteiger partial charge on any atom is -0.503 e. The topological polar surface area (TPSA) is 84.7 Å². The van der Waals surface area contributed by atoms with Gasteiger partial charge in [0, 0.05) is 28.8 Å². The third-order valence-electron chi connectivity index (χ3n) is 8.48. The third kappa shape index (κ3) is 3.95. The number of ether oxygens (including phenoxy) is 1. The minimum atomic E-state index is -1.14. The number of methoxy groups -OCH3 is 1. The fourth-order valence-electron chi connectivity index (χ4n) is 6.38. The van der Waals surface area contributed by atoms with Gasteiger partial charge in [0.2, 0.25) is 11.8 Å². The van der Waals surface area contributed by atoms with Gasteiger partial charge in [0.05, 0.1) is 28.3 Å². The number of phenols is 1. The van der Waals surface area contributed by atoms with Crippen LogP contribution in [-0.4, -0.2) is 33.8 Å². The molecule has 4 aromatic rings. The van der Waals surface area contributed by atoms with Crippen LogP contribution >= 0.6 is 34.5 Å². The lowest BCUT2D eigenvalue weighted by Crippen LogP contribution is -2.42. The van der Waals surface area contributed by atoms with E-state index in [0.717, 1.165) is 26.1 Å². The number of anilines is 1. The number of hydrogen-bond acceptors (Lipinski definition) is 6. The SMILES string of the molecule is C=CC1=CC[C@H]2C(=O)N(c3cc(-c4sc5ccc(Cl)cc5c4C)nn3C)C(=O)[C@@]2(C)[C@H]1c1cc(Cl)c(O)c(OC)c1. The highest BCUT2D eigenvalue weighted by atomic mass is 35.5. The van der Waals surface area contributed by atoms with Gasteiger partial charge < -0.3 is 9.84 Å². The molecule has 1 aliphatic heterocycles. The van der Waals surface area contributed by atoms with Crippen LogP contribution in [0.3, 0.4) is 0 Å². The number of halogens is 2. The van der Waals surface area contributed by atoms with Crippen LogP contribution in [0.5, 0.6) is 11.5 Å².